The van der Waals surface area contributed by atoms with Gasteiger partial charge in [0.25, 0.3) is 7.82 Å². The van der Waals surface area contributed by atoms with Crippen molar-refractivity contribution in [1.29, 1.82) is 0 Å². The first-order valence-corrected chi connectivity index (χ1v) is 24.8. The largest absolute Gasteiger partial charge is 0.756 e. The fraction of sp³-hybridized carbons (Fsp3) is 0.792. The maximum Gasteiger partial charge on any atom is 0.306 e. The summed E-state index contributed by atoms with van der Waals surface area (Å²) in [6.45, 7) is 4.16. The van der Waals surface area contributed by atoms with Crippen LogP contribution in [0.15, 0.2) is 48.6 Å². The topological polar surface area (TPSA) is 111 Å². The number of esters is 2. The molecule has 0 aliphatic rings. The number of unbranched alkanes of at least 4 members (excludes halogenated alkanes) is 20. The van der Waals surface area contributed by atoms with Crippen LogP contribution in [0.1, 0.15) is 194 Å². The van der Waals surface area contributed by atoms with Crippen LogP contribution in [0.3, 0.4) is 0 Å². The molecule has 0 aromatic rings. The van der Waals surface area contributed by atoms with Crippen molar-refractivity contribution in [3.63, 3.8) is 0 Å². The van der Waals surface area contributed by atoms with E-state index in [2.05, 4.69) is 62.5 Å². The second-order valence-electron chi connectivity index (χ2n) is 16.8. The second-order valence-corrected chi connectivity index (χ2v) is 18.2. The molecule has 1 unspecified atom stereocenters. The fourth-order valence-electron chi connectivity index (χ4n) is 6.13. The van der Waals surface area contributed by atoms with Crippen molar-refractivity contribution in [1.82, 2.24) is 0 Å². The predicted molar refractivity (Wildman–Crippen MR) is 240 cm³/mol. The summed E-state index contributed by atoms with van der Waals surface area (Å²) in [5.74, 6) is -0.852. The van der Waals surface area contributed by atoms with Crippen LogP contribution in [0.4, 0.5) is 0 Å². The monoisotopic (exact) mass is 838 g/mol. The van der Waals surface area contributed by atoms with Crippen molar-refractivity contribution in [2.75, 3.05) is 47.5 Å². The van der Waals surface area contributed by atoms with E-state index >= 15 is 0 Å². The van der Waals surface area contributed by atoms with Gasteiger partial charge in [0.1, 0.15) is 19.8 Å². The quantitative estimate of drug-likeness (QED) is 0.0196. The number of rotatable bonds is 42. The Bertz CT molecular complexity index is 1130. The Morgan fingerprint density at radius 3 is 1.36 bits per heavy atom. The highest BCUT2D eigenvalue weighted by atomic mass is 31.2. The molecule has 0 heterocycles. The van der Waals surface area contributed by atoms with Gasteiger partial charge in [0.05, 0.1) is 27.7 Å². The summed E-state index contributed by atoms with van der Waals surface area (Å²) in [7, 11) is 1.15. The van der Waals surface area contributed by atoms with E-state index < -0.39 is 32.5 Å². The van der Waals surface area contributed by atoms with Gasteiger partial charge in [-0.2, -0.15) is 0 Å². The highest BCUT2D eigenvalue weighted by Crippen LogP contribution is 2.38. The lowest BCUT2D eigenvalue weighted by atomic mass is 10.1. The lowest BCUT2D eigenvalue weighted by Gasteiger charge is -2.28. The molecule has 0 bridgehead atoms. The molecular weight excluding hydrogens is 750 g/mol. The fourth-order valence-corrected chi connectivity index (χ4v) is 6.85. The van der Waals surface area contributed by atoms with Crippen molar-refractivity contribution in [3.8, 4) is 0 Å². The van der Waals surface area contributed by atoms with Crippen LogP contribution < -0.4 is 4.89 Å². The van der Waals surface area contributed by atoms with Crippen LogP contribution in [-0.2, 0) is 32.7 Å². The minimum atomic E-state index is -4.63. The molecule has 0 aliphatic heterocycles. The smallest absolute Gasteiger partial charge is 0.306 e. The Morgan fingerprint density at radius 2 is 0.931 bits per heavy atom. The molecular formula is C48H88NO8P. The molecule has 2 atom stereocenters. The Morgan fingerprint density at radius 1 is 0.534 bits per heavy atom. The zero-order valence-electron chi connectivity index (χ0n) is 38.0. The lowest BCUT2D eigenvalue weighted by Crippen LogP contribution is -2.37. The minimum absolute atomic E-state index is 0.0351. The van der Waals surface area contributed by atoms with Crippen molar-refractivity contribution in [2.24, 2.45) is 0 Å². The number of phosphoric acid groups is 1. The van der Waals surface area contributed by atoms with Crippen molar-refractivity contribution < 1.29 is 42.1 Å². The van der Waals surface area contributed by atoms with E-state index in [1.165, 1.54) is 89.9 Å². The van der Waals surface area contributed by atoms with E-state index in [-0.39, 0.29) is 26.1 Å². The summed E-state index contributed by atoms with van der Waals surface area (Å²) < 4.78 is 33.9. The molecule has 0 aromatic carbocycles. The van der Waals surface area contributed by atoms with Gasteiger partial charge in [-0.05, 0) is 77.0 Å². The van der Waals surface area contributed by atoms with E-state index in [0.717, 1.165) is 70.6 Å². The average molecular weight is 838 g/mol. The van der Waals surface area contributed by atoms with E-state index in [1.807, 2.05) is 21.1 Å². The van der Waals surface area contributed by atoms with Gasteiger partial charge in [0.2, 0.25) is 0 Å². The lowest BCUT2D eigenvalue weighted by molar-refractivity contribution is -0.870. The third kappa shape index (κ3) is 43.5. The molecule has 0 saturated heterocycles. The van der Waals surface area contributed by atoms with Gasteiger partial charge < -0.3 is 27.9 Å². The van der Waals surface area contributed by atoms with Crippen LogP contribution in [0, 0.1) is 0 Å². The number of likely N-dealkylation sites (N-methyl/N-ethyl adjacent to an activating group) is 1. The molecule has 10 heteroatoms. The first-order valence-electron chi connectivity index (χ1n) is 23.3. The second kappa shape index (κ2) is 40.4. The third-order valence-corrected chi connectivity index (χ3v) is 10.8. The van der Waals surface area contributed by atoms with Crippen LogP contribution in [0.2, 0.25) is 0 Å². The summed E-state index contributed by atoms with van der Waals surface area (Å²) in [5.41, 5.74) is 0. The normalized spacial score (nSPS) is 14.0. The summed E-state index contributed by atoms with van der Waals surface area (Å²) in [5, 5.41) is 0. The van der Waals surface area contributed by atoms with Crippen molar-refractivity contribution >= 4 is 19.8 Å². The molecule has 58 heavy (non-hydrogen) atoms. The molecule has 0 radical (unpaired) electrons. The molecule has 9 nitrogen and oxygen atoms in total. The first kappa shape index (κ1) is 56.0. The number of hydrogen-bond donors (Lipinski definition) is 0. The number of allylic oxidation sites excluding steroid dienone is 8. The molecule has 0 fully saturated rings. The highest BCUT2D eigenvalue weighted by molar-refractivity contribution is 7.45. The standard InChI is InChI=1S/C48H88NO8P/c1-6-8-10-12-14-16-18-20-22-24-26-28-30-32-34-36-38-40-47(50)54-44-46(45-56-58(52,53)55-43-42-49(3,4)5)57-48(51)41-39-37-35-33-31-29-27-25-23-21-19-17-15-13-11-9-7-2/h14-17,20-23,46H,6-13,18-19,24-45H2,1-5H3/b16-14-,17-15-,22-20-,23-21-/t46-/m1/s1. The molecule has 0 N–H and O–H groups in total. The average Bonchev–Trinajstić information content (AvgIpc) is 3.17. The maximum absolute atomic E-state index is 12.7. The Labute approximate surface area is 356 Å². The SMILES string of the molecule is CCCCC/C=C\C/C=C\CCCCCCCCCC(=O)OC[C@H](COP(=O)([O-])OCC[N+](C)(C)C)OC(=O)CCCCCCCCC/C=C\C/C=C\CCCCC. The van der Waals surface area contributed by atoms with Gasteiger partial charge in [0, 0.05) is 12.8 Å². The number of phosphoric ester groups is 1. The summed E-state index contributed by atoms with van der Waals surface area (Å²) in [6.07, 6.45) is 47.0. The predicted octanol–water partition coefficient (Wildman–Crippen LogP) is 12.8. The van der Waals surface area contributed by atoms with Crippen LogP contribution >= 0.6 is 7.82 Å². The number of quaternary nitrogens is 1. The van der Waals surface area contributed by atoms with Gasteiger partial charge in [0.15, 0.2) is 6.10 Å². The summed E-state index contributed by atoms with van der Waals surface area (Å²) in [6, 6.07) is 0. The van der Waals surface area contributed by atoms with Crippen LogP contribution in [0.5, 0.6) is 0 Å². The molecule has 0 aromatic heterocycles. The van der Waals surface area contributed by atoms with Gasteiger partial charge in [-0.1, -0.05) is 152 Å². The molecule has 0 rings (SSSR count). The van der Waals surface area contributed by atoms with Crippen molar-refractivity contribution in [2.45, 2.75) is 200 Å². The van der Waals surface area contributed by atoms with E-state index in [0.29, 0.717) is 17.4 Å². The molecule has 0 aliphatic carbocycles. The van der Waals surface area contributed by atoms with Gasteiger partial charge >= 0.3 is 11.9 Å². The van der Waals surface area contributed by atoms with Crippen molar-refractivity contribution in [3.05, 3.63) is 48.6 Å². The number of ether oxygens (including phenoxy) is 2. The number of carbonyl (C=O) groups is 2. The number of nitrogens with zero attached hydrogens (tertiary/aromatic N) is 1. The summed E-state index contributed by atoms with van der Waals surface area (Å²) >= 11 is 0. The number of carbonyl (C=O) groups excluding carboxylic acids is 2. The number of hydrogen-bond acceptors (Lipinski definition) is 8. The zero-order valence-corrected chi connectivity index (χ0v) is 38.9. The Hall–Kier alpha value is -2.03. The van der Waals surface area contributed by atoms with Gasteiger partial charge in [-0.15, -0.1) is 0 Å². The van der Waals surface area contributed by atoms with E-state index in [4.69, 9.17) is 18.5 Å². The molecule has 0 spiro atoms. The maximum atomic E-state index is 12.7. The third-order valence-electron chi connectivity index (χ3n) is 9.82. The minimum Gasteiger partial charge on any atom is -0.756 e. The van der Waals surface area contributed by atoms with Gasteiger partial charge in [-0.25, -0.2) is 0 Å². The van der Waals surface area contributed by atoms with Gasteiger partial charge in [-0.3, -0.25) is 14.2 Å². The Kier molecular flexibility index (Phi) is 39.0. The molecule has 0 amide bonds. The highest BCUT2D eigenvalue weighted by Gasteiger charge is 2.21. The van der Waals surface area contributed by atoms with Crippen LogP contribution in [-0.4, -0.2) is 70.0 Å². The Balaban J connectivity index is 4.35. The first-order chi connectivity index (χ1) is 28.0. The summed E-state index contributed by atoms with van der Waals surface area (Å²) in [4.78, 5) is 37.6. The molecule has 0 saturated carbocycles. The van der Waals surface area contributed by atoms with E-state index in [9.17, 15) is 19.0 Å². The molecule has 338 valence electrons. The van der Waals surface area contributed by atoms with Crippen LogP contribution in [0.25, 0.3) is 0 Å². The van der Waals surface area contributed by atoms with E-state index in [1.54, 1.807) is 0 Å². The zero-order chi connectivity index (χ0) is 42.8.